The van der Waals surface area contributed by atoms with Crippen LogP contribution in [0.3, 0.4) is 0 Å². The van der Waals surface area contributed by atoms with E-state index in [2.05, 4.69) is 16.3 Å². The number of hydrogen-bond donors (Lipinski definition) is 1. The Balaban J connectivity index is 1.12. The Labute approximate surface area is 218 Å². The van der Waals surface area contributed by atoms with Crippen molar-refractivity contribution in [3.05, 3.63) is 46.9 Å². The van der Waals surface area contributed by atoms with Gasteiger partial charge >= 0.3 is 0 Å². The molecule has 0 radical (unpaired) electrons. The molecule has 3 aliphatic rings. The quantitative estimate of drug-likeness (QED) is 0.408. The van der Waals surface area contributed by atoms with Crippen molar-refractivity contribution in [2.45, 2.75) is 76.5 Å². The highest BCUT2D eigenvalue weighted by Gasteiger charge is 2.35. The number of carbonyl (C=O) groups is 1. The number of nitrogens with zero attached hydrogens (tertiary/aromatic N) is 2. The summed E-state index contributed by atoms with van der Waals surface area (Å²) >= 11 is 0. The lowest BCUT2D eigenvalue weighted by Gasteiger charge is -2.27. The van der Waals surface area contributed by atoms with E-state index < -0.39 is 6.04 Å². The SMILES string of the molecule is COc1cc(CCCCO[C@@H]2CCN([C@H](C(C)=O)c3cc(F)ccc3OC3CC3)C2)nc2c1CCCN2. The second-order valence-corrected chi connectivity index (χ2v) is 10.4. The summed E-state index contributed by atoms with van der Waals surface area (Å²) in [6.45, 7) is 4.58. The molecule has 1 saturated carbocycles. The van der Waals surface area contributed by atoms with Gasteiger partial charge in [0.1, 0.15) is 23.1 Å². The van der Waals surface area contributed by atoms with E-state index in [4.69, 9.17) is 19.2 Å². The topological polar surface area (TPSA) is 72.9 Å². The van der Waals surface area contributed by atoms with Crippen LogP contribution in [-0.2, 0) is 22.4 Å². The molecule has 1 aromatic carbocycles. The van der Waals surface area contributed by atoms with E-state index in [0.717, 1.165) is 81.7 Å². The molecule has 1 aliphatic carbocycles. The lowest BCUT2D eigenvalue weighted by atomic mass is 10.0. The second-order valence-electron chi connectivity index (χ2n) is 10.4. The third-order valence-electron chi connectivity index (χ3n) is 7.44. The van der Waals surface area contributed by atoms with Gasteiger partial charge in [0, 0.05) is 49.1 Å². The van der Waals surface area contributed by atoms with Crippen LogP contribution in [0.2, 0.25) is 0 Å². The molecule has 37 heavy (non-hydrogen) atoms. The molecule has 2 atom stereocenters. The van der Waals surface area contributed by atoms with Crippen molar-refractivity contribution in [1.29, 1.82) is 0 Å². The first kappa shape index (κ1) is 25.9. The van der Waals surface area contributed by atoms with Crippen LogP contribution in [-0.4, -0.2) is 61.2 Å². The minimum atomic E-state index is -0.517. The molecular formula is C29H38FN3O4. The number of methoxy groups -OCH3 is 1. The summed E-state index contributed by atoms with van der Waals surface area (Å²) in [6.07, 6.45) is 8.01. The van der Waals surface area contributed by atoms with E-state index in [-0.39, 0.29) is 23.8 Å². The zero-order chi connectivity index (χ0) is 25.8. The van der Waals surface area contributed by atoms with Crippen LogP contribution in [0, 0.1) is 5.82 Å². The summed E-state index contributed by atoms with van der Waals surface area (Å²) < 4.78 is 31.9. The Morgan fingerprint density at radius 3 is 2.84 bits per heavy atom. The van der Waals surface area contributed by atoms with Crippen molar-refractivity contribution in [2.24, 2.45) is 0 Å². The number of pyridine rings is 1. The number of ketones is 1. The van der Waals surface area contributed by atoms with Gasteiger partial charge < -0.3 is 19.5 Å². The van der Waals surface area contributed by atoms with E-state index in [1.807, 2.05) is 0 Å². The molecule has 0 spiro atoms. The number of halogens is 1. The standard InChI is InChI=1S/C29H38FN3O4/c1-19(34)28(25-16-20(30)8-11-26(25)37-22-9-10-22)33-14-12-23(18-33)36-15-4-3-6-21-17-27(35-2)24-7-5-13-31-29(24)32-21/h8,11,16-17,22-23,28H,3-7,9-10,12-15,18H2,1-2H3,(H,31,32)/t23-,28-/m1/s1. The fourth-order valence-corrected chi connectivity index (χ4v) is 5.43. The fourth-order valence-electron chi connectivity index (χ4n) is 5.43. The van der Waals surface area contributed by atoms with Crippen LogP contribution in [0.15, 0.2) is 24.3 Å². The Morgan fingerprint density at radius 1 is 1.19 bits per heavy atom. The maximum absolute atomic E-state index is 14.1. The Bertz CT molecular complexity index is 1090. The van der Waals surface area contributed by atoms with Crippen molar-refractivity contribution in [1.82, 2.24) is 9.88 Å². The third-order valence-corrected chi connectivity index (χ3v) is 7.44. The van der Waals surface area contributed by atoms with Gasteiger partial charge in [-0.05, 0) is 76.5 Å². The second kappa shape index (κ2) is 11.8. The van der Waals surface area contributed by atoms with Crippen LogP contribution in [0.5, 0.6) is 11.5 Å². The Hall–Kier alpha value is -2.71. The van der Waals surface area contributed by atoms with Crippen molar-refractivity contribution in [3.8, 4) is 11.5 Å². The van der Waals surface area contributed by atoms with Gasteiger partial charge in [0.15, 0.2) is 5.78 Å². The van der Waals surface area contributed by atoms with Crippen LogP contribution >= 0.6 is 0 Å². The van der Waals surface area contributed by atoms with Crippen LogP contribution in [0.25, 0.3) is 0 Å². The molecule has 8 heteroatoms. The lowest BCUT2D eigenvalue weighted by Crippen LogP contribution is -2.33. The molecule has 0 bridgehead atoms. The molecule has 7 nitrogen and oxygen atoms in total. The summed E-state index contributed by atoms with van der Waals surface area (Å²) in [5, 5.41) is 3.39. The number of nitrogens with one attached hydrogen (secondary N) is 1. The van der Waals surface area contributed by atoms with Crippen molar-refractivity contribution in [2.75, 3.05) is 38.7 Å². The maximum atomic E-state index is 14.1. The van der Waals surface area contributed by atoms with Gasteiger partial charge in [-0.3, -0.25) is 9.69 Å². The van der Waals surface area contributed by atoms with E-state index in [0.29, 0.717) is 24.5 Å². The van der Waals surface area contributed by atoms with E-state index >= 15 is 0 Å². The van der Waals surface area contributed by atoms with Gasteiger partial charge in [0.05, 0.1) is 25.4 Å². The summed E-state index contributed by atoms with van der Waals surface area (Å²) in [7, 11) is 1.72. The smallest absolute Gasteiger partial charge is 0.151 e. The molecule has 2 aromatic rings. The lowest BCUT2D eigenvalue weighted by molar-refractivity contribution is -0.122. The minimum Gasteiger partial charge on any atom is -0.496 e. The van der Waals surface area contributed by atoms with E-state index in [1.165, 1.54) is 17.7 Å². The van der Waals surface area contributed by atoms with Gasteiger partial charge in [-0.25, -0.2) is 9.37 Å². The normalized spacial score (nSPS) is 20.2. The Morgan fingerprint density at radius 2 is 2.05 bits per heavy atom. The molecule has 5 rings (SSSR count). The van der Waals surface area contributed by atoms with Crippen LogP contribution in [0.4, 0.5) is 10.2 Å². The molecule has 3 heterocycles. The fraction of sp³-hybridized carbons (Fsp3) is 0.586. The number of aromatic nitrogens is 1. The van der Waals surface area contributed by atoms with E-state index in [1.54, 1.807) is 20.1 Å². The number of benzene rings is 1. The summed E-state index contributed by atoms with van der Waals surface area (Å²) in [6, 6.07) is 6.07. The molecule has 1 saturated heterocycles. The zero-order valence-corrected chi connectivity index (χ0v) is 21.9. The number of Topliss-reactive ketones (excluding diaryl/α,β-unsaturated/α-hetero) is 1. The number of ether oxygens (including phenoxy) is 3. The molecule has 0 unspecified atom stereocenters. The van der Waals surface area contributed by atoms with Crippen molar-refractivity contribution < 1.29 is 23.4 Å². The minimum absolute atomic E-state index is 0.00522. The highest BCUT2D eigenvalue weighted by molar-refractivity contribution is 5.83. The number of rotatable bonds is 12. The number of carbonyl (C=O) groups excluding carboxylic acids is 1. The van der Waals surface area contributed by atoms with Gasteiger partial charge in [0.25, 0.3) is 0 Å². The predicted octanol–water partition coefficient (Wildman–Crippen LogP) is 4.87. The van der Waals surface area contributed by atoms with Gasteiger partial charge in [-0.1, -0.05) is 0 Å². The highest BCUT2D eigenvalue weighted by atomic mass is 19.1. The number of hydrogen-bond acceptors (Lipinski definition) is 7. The number of anilines is 1. The molecule has 2 fully saturated rings. The monoisotopic (exact) mass is 511 g/mol. The number of unbranched alkanes of at least 4 members (excludes halogenated alkanes) is 1. The molecular weight excluding hydrogens is 473 g/mol. The number of aryl methyl sites for hydroxylation is 1. The molecule has 0 amide bonds. The average Bonchev–Trinajstić information content (AvgIpc) is 3.60. The summed E-state index contributed by atoms with van der Waals surface area (Å²) in [5.41, 5.74) is 2.85. The summed E-state index contributed by atoms with van der Waals surface area (Å²) in [5.74, 6) is 2.16. The van der Waals surface area contributed by atoms with Crippen LogP contribution in [0.1, 0.15) is 68.3 Å². The first-order chi connectivity index (χ1) is 18.0. The number of fused-ring (bicyclic) bond motifs is 1. The number of likely N-dealkylation sites (tertiary alicyclic amines) is 1. The first-order valence-corrected chi connectivity index (χ1v) is 13.6. The molecule has 1 aromatic heterocycles. The van der Waals surface area contributed by atoms with Gasteiger partial charge in [-0.2, -0.15) is 0 Å². The molecule has 2 aliphatic heterocycles. The Kier molecular flexibility index (Phi) is 8.25. The molecule has 1 N–H and O–H groups in total. The van der Waals surface area contributed by atoms with Gasteiger partial charge in [0.2, 0.25) is 0 Å². The van der Waals surface area contributed by atoms with Crippen molar-refractivity contribution in [3.63, 3.8) is 0 Å². The van der Waals surface area contributed by atoms with Crippen molar-refractivity contribution >= 4 is 11.6 Å². The molecule has 200 valence electrons. The van der Waals surface area contributed by atoms with Gasteiger partial charge in [-0.15, -0.1) is 0 Å². The predicted molar refractivity (Wildman–Crippen MR) is 140 cm³/mol. The highest BCUT2D eigenvalue weighted by Crippen LogP contribution is 2.37. The zero-order valence-electron chi connectivity index (χ0n) is 21.9. The third kappa shape index (κ3) is 6.41. The average molecular weight is 512 g/mol. The van der Waals surface area contributed by atoms with Crippen LogP contribution < -0.4 is 14.8 Å². The largest absolute Gasteiger partial charge is 0.496 e. The summed E-state index contributed by atoms with van der Waals surface area (Å²) in [4.78, 5) is 19.6. The van der Waals surface area contributed by atoms with E-state index in [9.17, 15) is 9.18 Å². The first-order valence-electron chi connectivity index (χ1n) is 13.6. The maximum Gasteiger partial charge on any atom is 0.151 e.